The first-order valence-corrected chi connectivity index (χ1v) is 13.8. The lowest BCUT2D eigenvalue weighted by Gasteiger charge is -2.34. The van der Waals surface area contributed by atoms with Crippen molar-refractivity contribution in [1.82, 2.24) is 15.5 Å². The standard InChI is InChI=1S/C31H43N3O7/c1-8-34(27(23-17-20(3)16-21(4)18-23)28(37)32-15-14-26(36)40-9-2)29(38)25(33-30(39)41-31(5,6)7)19-22-10-12-24(35)13-11-22/h10-13,16-18,25,27,35H,8-9,14-15,19H2,1-7H3,(H,32,37)(H,33,39). The molecule has 0 aliphatic rings. The molecule has 2 unspecified atom stereocenters. The molecule has 224 valence electrons. The fourth-order valence-electron chi connectivity index (χ4n) is 4.44. The number of alkyl carbamates (subject to hydrolysis) is 1. The topological polar surface area (TPSA) is 134 Å². The zero-order chi connectivity index (χ0) is 30.7. The minimum Gasteiger partial charge on any atom is -0.508 e. The average Bonchev–Trinajstić information content (AvgIpc) is 2.86. The molecule has 2 rings (SSSR count). The zero-order valence-electron chi connectivity index (χ0n) is 25.1. The Morgan fingerprint density at radius 2 is 1.59 bits per heavy atom. The highest BCUT2D eigenvalue weighted by Crippen LogP contribution is 2.25. The molecule has 2 aromatic carbocycles. The van der Waals surface area contributed by atoms with Gasteiger partial charge in [0.25, 0.3) is 0 Å². The molecule has 0 aromatic heterocycles. The average molecular weight is 570 g/mol. The molecule has 10 heteroatoms. The van der Waals surface area contributed by atoms with E-state index in [4.69, 9.17) is 9.47 Å². The zero-order valence-corrected chi connectivity index (χ0v) is 25.1. The summed E-state index contributed by atoms with van der Waals surface area (Å²) in [6.45, 7) is 12.9. The quantitative estimate of drug-likeness (QED) is 0.328. The maximum atomic E-state index is 14.2. The van der Waals surface area contributed by atoms with Crippen LogP contribution in [0.1, 0.15) is 69.3 Å². The number of hydrogen-bond donors (Lipinski definition) is 3. The van der Waals surface area contributed by atoms with Crippen LogP contribution in [0.25, 0.3) is 0 Å². The van der Waals surface area contributed by atoms with Crippen molar-refractivity contribution in [2.75, 3.05) is 19.7 Å². The van der Waals surface area contributed by atoms with Crippen molar-refractivity contribution < 1.29 is 33.8 Å². The maximum absolute atomic E-state index is 14.2. The number of hydrogen-bond acceptors (Lipinski definition) is 7. The number of ether oxygens (including phenoxy) is 2. The Morgan fingerprint density at radius 3 is 2.12 bits per heavy atom. The molecule has 0 saturated carbocycles. The summed E-state index contributed by atoms with van der Waals surface area (Å²) in [6.07, 6.45) is -0.686. The van der Waals surface area contributed by atoms with E-state index in [1.165, 1.54) is 17.0 Å². The molecule has 2 atom stereocenters. The van der Waals surface area contributed by atoms with Crippen molar-refractivity contribution in [3.8, 4) is 5.75 Å². The first-order chi connectivity index (χ1) is 19.2. The van der Waals surface area contributed by atoms with E-state index in [0.29, 0.717) is 11.1 Å². The number of aryl methyl sites for hydroxylation is 2. The molecular weight excluding hydrogens is 526 g/mol. The number of likely N-dealkylation sites (N-methyl/N-ethyl adjacent to an activating group) is 1. The van der Waals surface area contributed by atoms with Gasteiger partial charge in [0.1, 0.15) is 23.4 Å². The molecule has 0 radical (unpaired) electrons. The Hall–Kier alpha value is -4.08. The minimum absolute atomic E-state index is 0.0110. The summed E-state index contributed by atoms with van der Waals surface area (Å²) in [7, 11) is 0. The van der Waals surface area contributed by atoms with Gasteiger partial charge in [-0.1, -0.05) is 41.5 Å². The van der Waals surface area contributed by atoms with E-state index in [9.17, 15) is 24.3 Å². The molecule has 2 aromatic rings. The summed E-state index contributed by atoms with van der Waals surface area (Å²) in [5.74, 6) is -1.32. The van der Waals surface area contributed by atoms with Gasteiger partial charge in [-0.25, -0.2) is 4.79 Å². The molecule has 0 fully saturated rings. The number of nitrogens with one attached hydrogen (secondary N) is 2. The van der Waals surface area contributed by atoms with Gasteiger partial charge in [-0.15, -0.1) is 0 Å². The molecule has 0 aliphatic carbocycles. The smallest absolute Gasteiger partial charge is 0.408 e. The molecule has 41 heavy (non-hydrogen) atoms. The predicted octanol–water partition coefficient (Wildman–Crippen LogP) is 4.10. The van der Waals surface area contributed by atoms with Gasteiger partial charge in [-0.05, 0) is 71.7 Å². The number of amides is 3. The highest BCUT2D eigenvalue weighted by Gasteiger charge is 2.36. The van der Waals surface area contributed by atoms with E-state index in [0.717, 1.165) is 11.1 Å². The number of benzene rings is 2. The summed E-state index contributed by atoms with van der Waals surface area (Å²) < 4.78 is 10.4. The van der Waals surface area contributed by atoms with Crippen LogP contribution in [-0.4, -0.2) is 65.2 Å². The summed E-state index contributed by atoms with van der Waals surface area (Å²) in [5.41, 5.74) is 2.34. The Bertz CT molecular complexity index is 1180. The highest BCUT2D eigenvalue weighted by molar-refractivity contribution is 5.92. The van der Waals surface area contributed by atoms with Crippen molar-refractivity contribution in [3.05, 3.63) is 64.7 Å². The second-order valence-corrected chi connectivity index (χ2v) is 10.9. The van der Waals surface area contributed by atoms with Crippen LogP contribution in [0.15, 0.2) is 42.5 Å². The second-order valence-electron chi connectivity index (χ2n) is 10.9. The predicted molar refractivity (Wildman–Crippen MR) is 155 cm³/mol. The first-order valence-electron chi connectivity index (χ1n) is 13.8. The number of esters is 1. The van der Waals surface area contributed by atoms with Gasteiger partial charge in [-0.2, -0.15) is 0 Å². The van der Waals surface area contributed by atoms with Crippen molar-refractivity contribution in [2.24, 2.45) is 0 Å². The first kappa shape index (κ1) is 33.1. The lowest BCUT2D eigenvalue weighted by molar-refractivity contribution is -0.144. The van der Waals surface area contributed by atoms with Crippen LogP contribution in [0.2, 0.25) is 0 Å². The summed E-state index contributed by atoms with van der Waals surface area (Å²) in [5, 5.41) is 15.2. The molecule has 0 spiro atoms. The number of aromatic hydroxyl groups is 1. The van der Waals surface area contributed by atoms with Gasteiger partial charge in [0, 0.05) is 19.5 Å². The van der Waals surface area contributed by atoms with E-state index in [1.54, 1.807) is 46.8 Å². The van der Waals surface area contributed by atoms with Gasteiger partial charge >= 0.3 is 12.1 Å². The Labute approximate surface area is 242 Å². The van der Waals surface area contributed by atoms with Gasteiger partial charge in [0.05, 0.1) is 13.0 Å². The van der Waals surface area contributed by atoms with Gasteiger partial charge < -0.3 is 30.1 Å². The molecule has 0 aliphatic heterocycles. The number of phenols is 1. The van der Waals surface area contributed by atoms with Crippen LogP contribution in [-0.2, 0) is 30.3 Å². The van der Waals surface area contributed by atoms with Crippen molar-refractivity contribution in [1.29, 1.82) is 0 Å². The van der Waals surface area contributed by atoms with Crippen molar-refractivity contribution in [3.63, 3.8) is 0 Å². The Morgan fingerprint density at radius 1 is 0.976 bits per heavy atom. The molecule has 0 bridgehead atoms. The largest absolute Gasteiger partial charge is 0.508 e. The van der Waals surface area contributed by atoms with E-state index in [1.807, 2.05) is 32.0 Å². The molecule has 3 amide bonds. The number of carbonyl (C=O) groups is 4. The molecule has 3 N–H and O–H groups in total. The van der Waals surface area contributed by atoms with Crippen LogP contribution in [0.4, 0.5) is 4.79 Å². The van der Waals surface area contributed by atoms with Crippen molar-refractivity contribution >= 4 is 23.9 Å². The summed E-state index contributed by atoms with van der Waals surface area (Å²) >= 11 is 0. The lowest BCUT2D eigenvalue weighted by atomic mass is 9.97. The Kier molecular flexibility index (Phi) is 12.2. The monoisotopic (exact) mass is 569 g/mol. The second kappa shape index (κ2) is 15.1. The van der Waals surface area contributed by atoms with Crippen molar-refractivity contribution in [2.45, 2.75) is 79.0 Å². The summed E-state index contributed by atoms with van der Waals surface area (Å²) in [4.78, 5) is 53.8. The van der Waals surface area contributed by atoms with E-state index < -0.39 is 41.6 Å². The molecule has 0 heterocycles. The van der Waals surface area contributed by atoms with E-state index >= 15 is 0 Å². The number of carbonyl (C=O) groups excluding carboxylic acids is 4. The normalized spacial score (nSPS) is 12.6. The van der Waals surface area contributed by atoms with Crippen LogP contribution < -0.4 is 10.6 Å². The van der Waals surface area contributed by atoms with E-state index in [-0.39, 0.29) is 38.3 Å². The highest BCUT2D eigenvalue weighted by atomic mass is 16.6. The molecule has 10 nitrogen and oxygen atoms in total. The lowest BCUT2D eigenvalue weighted by Crippen LogP contribution is -2.53. The van der Waals surface area contributed by atoms with Gasteiger partial charge in [0.2, 0.25) is 11.8 Å². The third-order valence-corrected chi connectivity index (χ3v) is 6.04. The van der Waals surface area contributed by atoms with E-state index in [2.05, 4.69) is 10.6 Å². The van der Waals surface area contributed by atoms with Crippen LogP contribution in [0, 0.1) is 13.8 Å². The fraction of sp³-hybridized carbons (Fsp3) is 0.484. The van der Waals surface area contributed by atoms with Gasteiger partial charge in [0.15, 0.2) is 0 Å². The Balaban J connectivity index is 2.46. The maximum Gasteiger partial charge on any atom is 0.408 e. The third kappa shape index (κ3) is 10.8. The van der Waals surface area contributed by atoms with Gasteiger partial charge in [-0.3, -0.25) is 14.4 Å². The SMILES string of the molecule is CCOC(=O)CCNC(=O)C(c1cc(C)cc(C)c1)N(CC)C(=O)C(Cc1ccc(O)cc1)NC(=O)OC(C)(C)C. The van der Waals surface area contributed by atoms with Crippen LogP contribution in [0.3, 0.4) is 0 Å². The summed E-state index contributed by atoms with van der Waals surface area (Å²) in [6, 6.07) is 9.86. The fourth-order valence-corrected chi connectivity index (χ4v) is 4.44. The van der Waals surface area contributed by atoms with Crippen LogP contribution >= 0.6 is 0 Å². The van der Waals surface area contributed by atoms with Crippen LogP contribution in [0.5, 0.6) is 5.75 Å². The minimum atomic E-state index is -1.07. The third-order valence-electron chi connectivity index (χ3n) is 6.04. The number of phenolic OH excluding ortho intramolecular Hbond substituents is 1. The molecular formula is C31H43N3O7. The molecule has 0 saturated heterocycles. The number of rotatable bonds is 12. The number of nitrogens with zero attached hydrogens (tertiary/aromatic N) is 1.